The van der Waals surface area contributed by atoms with Gasteiger partial charge in [0.2, 0.25) is 0 Å². The fourth-order valence-corrected chi connectivity index (χ4v) is 2.08. The van der Waals surface area contributed by atoms with Crippen LogP contribution in [0.4, 0.5) is 5.82 Å². The number of ether oxygens (including phenoxy) is 1. The van der Waals surface area contributed by atoms with Crippen molar-refractivity contribution in [3.05, 3.63) is 24.2 Å². The van der Waals surface area contributed by atoms with Crippen LogP contribution in [-0.4, -0.2) is 40.8 Å². The van der Waals surface area contributed by atoms with Crippen molar-refractivity contribution in [1.82, 2.24) is 14.6 Å². The molecule has 6 nitrogen and oxygen atoms in total. The standard InChI is InChI=1S/C15H22N4O2/c1-6-18(10-13(20)21-5)14-11-9-12(15(2,3)4)17-19(11)8-7-16-14/h7-9H,6,10H2,1-5H3. The van der Waals surface area contributed by atoms with Crippen LogP contribution in [0.15, 0.2) is 18.5 Å². The summed E-state index contributed by atoms with van der Waals surface area (Å²) in [7, 11) is 1.39. The molecule has 0 spiro atoms. The van der Waals surface area contributed by atoms with Crippen molar-refractivity contribution in [2.75, 3.05) is 25.1 Å². The van der Waals surface area contributed by atoms with E-state index in [0.717, 1.165) is 17.0 Å². The number of aromatic nitrogens is 3. The van der Waals surface area contributed by atoms with Gasteiger partial charge in [-0.25, -0.2) is 9.50 Å². The Labute approximate surface area is 124 Å². The smallest absolute Gasteiger partial charge is 0.325 e. The monoisotopic (exact) mass is 290 g/mol. The first kappa shape index (κ1) is 15.3. The van der Waals surface area contributed by atoms with Gasteiger partial charge in [0.15, 0.2) is 5.82 Å². The van der Waals surface area contributed by atoms with Crippen LogP contribution < -0.4 is 4.90 Å². The lowest BCUT2D eigenvalue weighted by molar-refractivity contribution is -0.138. The van der Waals surface area contributed by atoms with Crippen molar-refractivity contribution >= 4 is 17.3 Å². The molecule has 0 aromatic carbocycles. The van der Waals surface area contributed by atoms with Gasteiger partial charge in [-0.15, -0.1) is 0 Å². The molecule has 0 N–H and O–H groups in total. The summed E-state index contributed by atoms with van der Waals surface area (Å²) < 4.78 is 6.55. The number of carbonyl (C=O) groups is 1. The van der Waals surface area contributed by atoms with Crippen LogP contribution in [0.2, 0.25) is 0 Å². The van der Waals surface area contributed by atoms with Crippen LogP contribution in [0.25, 0.3) is 5.52 Å². The van der Waals surface area contributed by atoms with Gasteiger partial charge in [0.05, 0.1) is 12.8 Å². The quantitative estimate of drug-likeness (QED) is 0.806. The second kappa shape index (κ2) is 5.71. The number of rotatable bonds is 4. The molecular weight excluding hydrogens is 268 g/mol. The molecule has 0 unspecified atom stereocenters. The fraction of sp³-hybridized carbons (Fsp3) is 0.533. The zero-order chi connectivity index (χ0) is 15.6. The van der Waals surface area contributed by atoms with Crippen molar-refractivity contribution < 1.29 is 9.53 Å². The van der Waals surface area contributed by atoms with Crippen molar-refractivity contribution in [3.63, 3.8) is 0 Å². The van der Waals surface area contributed by atoms with Crippen molar-refractivity contribution in [1.29, 1.82) is 0 Å². The molecule has 2 rings (SSSR count). The second-order valence-electron chi connectivity index (χ2n) is 5.95. The minimum absolute atomic E-state index is 0.0390. The highest BCUT2D eigenvalue weighted by Gasteiger charge is 2.21. The maximum Gasteiger partial charge on any atom is 0.325 e. The molecule has 0 aliphatic heterocycles. The molecule has 6 heteroatoms. The van der Waals surface area contributed by atoms with E-state index in [1.807, 2.05) is 28.6 Å². The van der Waals surface area contributed by atoms with E-state index in [-0.39, 0.29) is 17.9 Å². The molecule has 0 aliphatic rings. The predicted molar refractivity (Wildman–Crippen MR) is 81.6 cm³/mol. The summed E-state index contributed by atoms with van der Waals surface area (Å²) in [4.78, 5) is 17.8. The van der Waals surface area contributed by atoms with Crippen LogP contribution in [0.5, 0.6) is 0 Å². The average molecular weight is 290 g/mol. The summed E-state index contributed by atoms with van der Waals surface area (Å²) in [6, 6.07) is 2.03. The number of hydrogen-bond donors (Lipinski definition) is 0. The van der Waals surface area contributed by atoms with Crippen LogP contribution >= 0.6 is 0 Å². The zero-order valence-corrected chi connectivity index (χ0v) is 13.3. The average Bonchev–Trinajstić information content (AvgIpc) is 2.88. The van der Waals surface area contributed by atoms with Gasteiger partial charge in [0.25, 0.3) is 0 Å². The zero-order valence-electron chi connectivity index (χ0n) is 13.3. The van der Waals surface area contributed by atoms with Crippen molar-refractivity contribution in [2.45, 2.75) is 33.1 Å². The molecular formula is C15H22N4O2. The van der Waals surface area contributed by atoms with Gasteiger partial charge in [-0.1, -0.05) is 20.8 Å². The number of fused-ring (bicyclic) bond motifs is 1. The normalized spacial score (nSPS) is 11.7. The lowest BCUT2D eigenvalue weighted by Crippen LogP contribution is -2.31. The molecule has 0 saturated carbocycles. The van der Waals surface area contributed by atoms with Crippen LogP contribution in [0.1, 0.15) is 33.4 Å². The summed E-state index contributed by atoms with van der Waals surface area (Å²) in [6.45, 7) is 9.18. The second-order valence-corrected chi connectivity index (χ2v) is 5.95. The van der Waals surface area contributed by atoms with E-state index in [1.54, 1.807) is 6.20 Å². The topological polar surface area (TPSA) is 59.7 Å². The highest BCUT2D eigenvalue weighted by molar-refractivity contribution is 5.78. The molecule has 0 bridgehead atoms. The number of methoxy groups -OCH3 is 1. The Bertz CT molecular complexity index is 643. The number of hydrogen-bond acceptors (Lipinski definition) is 5. The first-order valence-corrected chi connectivity index (χ1v) is 7.03. The third-order valence-corrected chi connectivity index (χ3v) is 3.37. The molecule has 0 saturated heterocycles. The van der Waals surface area contributed by atoms with Gasteiger partial charge in [0.1, 0.15) is 12.1 Å². The molecule has 0 aliphatic carbocycles. The first-order chi connectivity index (χ1) is 9.86. The Morgan fingerprint density at radius 1 is 1.43 bits per heavy atom. The van der Waals surface area contributed by atoms with Gasteiger partial charge >= 0.3 is 5.97 Å². The summed E-state index contributed by atoms with van der Waals surface area (Å²) in [5, 5.41) is 4.59. The highest BCUT2D eigenvalue weighted by Crippen LogP contribution is 2.26. The molecule has 0 atom stereocenters. The van der Waals surface area contributed by atoms with E-state index in [9.17, 15) is 4.79 Å². The number of esters is 1. The maximum absolute atomic E-state index is 11.5. The molecule has 0 fully saturated rings. The van der Waals surface area contributed by atoms with Gasteiger partial charge in [-0.3, -0.25) is 4.79 Å². The molecule has 2 aromatic heterocycles. The van der Waals surface area contributed by atoms with Gasteiger partial charge < -0.3 is 9.64 Å². The highest BCUT2D eigenvalue weighted by atomic mass is 16.5. The minimum atomic E-state index is -0.281. The lowest BCUT2D eigenvalue weighted by atomic mass is 9.92. The molecule has 2 heterocycles. The first-order valence-electron chi connectivity index (χ1n) is 7.03. The van der Waals surface area contributed by atoms with Crippen LogP contribution in [0, 0.1) is 0 Å². The molecule has 21 heavy (non-hydrogen) atoms. The summed E-state index contributed by atoms with van der Waals surface area (Å²) in [5.41, 5.74) is 1.85. The third kappa shape index (κ3) is 3.15. The van der Waals surface area contributed by atoms with E-state index in [1.165, 1.54) is 7.11 Å². The minimum Gasteiger partial charge on any atom is -0.468 e. The lowest BCUT2D eigenvalue weighted by Gasteiger charge is -2.20. The Balaban J connectivity index is 2.47. The Kier molecular flexibility index (Phi) is 4.16. The van der Waals surface area contributed by atoms with Crippen molar-refractivity contribution in [3.8, 4) is 0 Å². The Morgan fingerprint density at radius 2 is 2.14 bits per heavy atom. The molecule has 0 amide bonds. The number of anilines is 1. The predicted octanol–water partition coefficient (Wildman–Crippen LogP) is 2.03. The SMILES string of the molecule is CCN(CC(=O)OC)c1nccn2nc(C(C)(C)C)cc12. The number of nitrogens with zero attached hydrogens (tertiary/aromatic N) is 4. The Hall–Kier alpha value is -2.11. The summed E-state index contributed by atoms with van der Waals surface area (Å²) in [6.07, 6.45) is 3.52. The number of likely N-dealkylation sites (N-methyl/N-ethyl adjacent to an activating group) is 1. The summed E-state index contributed by atoms with van der Waals surface area (Å²) >= 11 is 0. The van der Waals surface area contributed by atoms with Crippen molar-refractivity contribution in [2.24, 2.45) is 0 Å². The van der Waals surface area contributed by atoms with Gasteiger partial charge in [0, 0.05) is 24.4 Å². The van der Waals surface area contributed by atoms with E-state index in [2.05, 4.69) is 30.9 Å². The number of carbonyl (C=O) groups excluding carboxylic acids is 1. The van der Waals surface area contributed by atoms with Gasteiger partial charge in [-0.05, 0) is 13.0 Å². The van der Waals surface area contributed by atoms with Crippen LogP contribution in [-0.2, 0) is 14.9 Å². The van der Waals surface area contributed by atoms with Gasteiger partial charge in [-0.2, -0.15) is 5.10 Å². The fourth-order valence-electron chi connectivity index (χ4n) is 2.08. The third-order valence-electron chi connectivity index (χ3n) is 3.37. The molecule has 114 valence electrons. The van der Waals surface area contributed by atoms with E-state index in [0.29, 0.717) is 6.54 Å². The van der Waals surface area contributed by atoms with E-state index < -0.39 is 0 Å². The summed E-state index contributed by atoms with van der Waals surface area (Å²) in [5.74, 6) is 0.463. The van der Waals surface area contributed by atoms with E-state index in [4.69, 9.17) is 4.74 Å². The molecule has 2 aromatic rings. The largest absolute Gasteiger partial charge is 0.468 e. The van der Waals surface area contributed by atoms with Crippen LogP contribution in [0.3, 0.4) is 0 Å². The molecule has 0 radical (unpaired) electrons. The maximum atomic E-state index is 11.5. The van der Waals surface area contributed by atoms with E-state index >= 15 is 0 Å². The Morgan fingerprint density at radius 3 is 2.71 bits per heavy atom.